The number of carbonyl (C=O) groups is 1. The van der Waals surface area contributed by atoms with E-state index in [9.17, 15) is 4.79 Å². The van der Waals surface area contributed by atoms with E-state index in [1.54, 1.807) is 4.68 Å². The highest BCUT2D eigenvalue weighted by Gasteiger charge is 2.18. The minimum atomic E-state index is -0.0920. The van der Waals surface area contributed by atoms with Crippen LogP contribution in [0.1, 0.15) is 35.6 Å². The Kier molecular flexibility index (Phi) is 4.28. The fourth-order valence-corrected chi connectivity index (χ4v) is 3.35. The number of anilines is 1. The Morgan fingerprint density at radius 3 is 2.65 bits per heavy atom. The highest BCUT2D eigenvalue weighted by atomic mass is 16.2. The molecule has 7 nitrogen and oxygen atoms in total. The van der Waals surface area contributed by atoms with Crippen molar-refractivity contribution in [1.82, 2.24) is 24.5 Å². The second-order valence-electron chi connectivity index (χ2n) is 6.73. The maximum absolute atomic E-state index is 12.4. The first-order valence-corrected chi connectivity index (χ1v) is 8.94. The lowest BCUT2D eigenvalue weighted by Gasteiger charge is -2.12. The summed E-state index contributed by atoms with van der Waals surface area (Å²) in [6.07, 6.45) is 6.02. The van der Waals surface area contributed by atoms with Crippen molar-refractivity contribution >= 4 is 11.6 Å². The van der Waals surface area contributed by atoms with E-state index >= 15 is 0 Å². The van der Waals surface area contributed by atoms with E-state index in [4.69, 9.17) is 0 Å². The second-order valence-corrected chi connectivity index (χ2v) is 6.73. The SMILES string of the molecule is Cc1ncn(-c2ccc(NC(=O)Cn3nnc4c3CCCC4)cc2)c1C. The van der Waals surface area contributed by atoms with Gasteiger partial charge in [-0.25, -0.2) is 9.67 Å². The van der Waals surface area contributed by atoms with Gasteiger partial charge >= 0.3 is 0 Å². The zero-order valence-corrected chi connectivity index (χ0v) is 15.1. The van der Waals surface area contributed by atoms with Gasteiger partial charge in [0.15, 0.2) is 0 Å². The highest BCUT2D eigenvalue weighted by molar-refractivity contribution is 5.90. The fourth-order valence-electron chi connectivity index (χ4n) is 3.35. The summed E-state index contributed by atoms with van der Waals surface area (Å²) in [6.45, 7) is 4.23. The monoisotopic (exact) mass is 350 g/mol. The van der Waals surface area contributed by atoms with Gasteiger partial charge in [-0.1, -0.05) is 5.21 Å². The number of fused-ring (bicyclic) bond motifs is 1. The molecule has 0 unspecified atom stereocenters. The zero-order valence-electron chi connectivity index (χ0n) is 15.1. The van der Waals surface area contributed by atoms with Crippen molar-refractivity contribution < 1.29 is 4.79 Å². The highest BCUT2D eigenvalue weighted by Crippen LogP contribution is 2.19. The smallest absolute Gasteiger partial charge is 0.246 e. The maximum Gasteiger partial charge on any atom is 0.246 e. The van der Waals surface area contributed by atoms with E-state index < -0.39 is 0 Å². The van der Waals surface area contributed by atoms with Crippen molar-refractivity contribution in [1.29, 1.82) is 0 Å². The number of amides is 1. The van der Waals surface area contributed by atoms with Crippen LogP contribution in [0, 0.1) is 13.8 Å². The summed E-state index contributed by atoms with van der Waals surface area (Å²) in [7, 11) is 0. The summed E-state index contributed by atoms with van der Waals surface area (Å²) in [4.78, 5) is 16.7. The Morgan fingerprint density at radius 1 is 1.15 bits per heavy atom. The van der Waals surface area contributed by atoms with Crippen molar-refractivity contribution in [3.8, 4) is 5.69 Å². The Bertz CT molecular complexity index is 938. The minimum Gasteiger partial charge on any atom is -0.324 e. The molecule has 0 saturated heterocycles. The van der Waals surface area contributed by atoms with Gasteiger partial charge in [-0.3, -0.25) is 4.79 Å². The Labute approximate surface area is 152 Å². The first kappa shape index (κ1) is 16.5. The predicted octanol–water partition coefficient (Wildman–Crippen LogP) is 2.60. The van der Waals surface area contributed by atoms with E-state index in [1.165, 1.54) is 0 Å². The van der Waals surface area contributed by atoms with Crippen LogP contribution in [0.5, 0.6) is 0 Å². The lowest BCUT2D eigenvalue weighted by atomic mass is 10.0. The van der Waals surface area contributed by atoms with Crippen LogP contribution in [-0.2, 0) is 24.2 Å². The molecule has 3 aromatic rings. The summed E-state index contributed by atoms with van der Waals surface area (Å²) in [5, 5.41) is 11.3. The number of aryl methyl sites for hydroxylation is 2. The van der Waals surface area contributed by atoms with E-state index in [1.807, 2.05) is 49.0 Å². The van der Waals surface area contributed by atoms with Crippen molar-refractivity contribution in [3.63, 3.8) is 0 Å². The fraction of sp³-hybridized carbons (Fsp3) is 0.368. The molecule has 0 fully saturated rings. The van der Waals surface area contributed by atoms with Crippen molar-refractivity contribution in [3.05, 3.63) is 53.4 Å². The van der Waals surface area contributed by atoms with E-state index in [0.29, 0.717) is 0 Å². The molecule has 0 radical (unpaired) electrons. The quantitative estimate of drug-likeness (QED) is 0.784. The Hall–Kier alpha value is -2.96. The molecule has 2 heterocycles. The average Bonchev–Trinajstić information content (AvgIpc) is 3.20. The number of rotatable bonds is 4. The van der Waals surface area contributed by atoms with Crippen molar-refractivity contribution in [2.75, 3.05) is 5.32 Å². The van der Waals surface area contributed by atoms with Crippen LogP contribution in [0.4, 0.5) is 5.69 Å². The molecule has 0 atom stereocenters. The predicted molar refractivity (Wildman–Crippen MR) is 98.3 cm³/mol. The molecule has 1 aliphatic rings. The van der Waals surface area contributed by atoms with Crippen LogP contribution in [0.3, 0.4) is 0 Å². The molecular formula is C19H22N6O. The van der Waals surface area contributed by atoms with Crippen LogP contribution in [-0.4, -0.2) is 30.5 Å². The van der Waals surface area contributed by atoms with Gasteiger partial charge in [0.25, 0.3) is 0 Å². The molecule has 4 rings (SSSR count). The summed E-state index contributed by atoms with van der Waals surface area (Å²) in [5.74, 6) is -0.0920. The van der Waals surface area contributed by atoms with Crippen LogP contribution in [0.2, 0.25) is 0 Å². The molecule has 0 spiro atoms. The summed E-state index contributed by atoms with van der Waals surface area (Å²) < 4.78 is 3.76. The zero-order chi connectivity index (χ0) is 18.1. The molecule has 1 amide bonds. The normalized spacial score (nSPS) is 13.5. The molecule has 0 bridgehead atoms. The lowest BCUT2D eigenvalue weighted by molar-refractivity contribution is -0.117. The van der Waals surface area contributed by atoms with E-state index in [-0.39, 0.29) is 12.5 Å². The van der Waals surface area contributed by atoms with Crippen molar-refractivity contribution in [2.24, 2.45) is 0 Å². The second kappa shape index (κ2) is 6.74. The molecule has 0 aliphatic heterocycles. The third-order valence-corrected chi connectivity index (χ3v) is 4.97. The molecule has 1 N–H and O–H groups in total. The number of nitrogens with one attached hydrogen (secondary N) is 1. The van der Waals surface area contributed by atoms with Gasteiger partial charge in [-0.15, -0.1) is 5.10 Å². The van der Waals surface area contributed by atoms with Gasteiger partial charge in [0.1, 0.15) is 6.54 Å². The standard InChI is InChI=1S/C19H22N6O/c1-13-14(2)24(12-20-13)16-9-7-15(8-10-16)21-19(26)11-25-18-6-4-3-5-17(18)22-23-25/h7-10,12H,3-6,11H2,1-2H3,(H,21,26). The van der Waals surface area contributed by atoms with Crippen LogP contribution < -0.4 is 5.32 Å². The van der Waals surface area contributed by atoms with Crippen LogP contribution in [0.15, 0.2) is 30.6 Å². The topological polar surface area (TPSA) is 77.6 Å². The summed E-state index contributed by atoms with van der Waals surface area (Å²) in [6, 6.07) is 7.75. The molecule has 0 saturated carbocycles. The number of nitrogens with zero attached hydrogens (tertiary/aromatic N) is 5. The van der Waals surface area contributed by atoms with Crippen LogP contribution in [0.25, 0.3) is 5.69 Å². The lowest BCUT2D eigenvalue weighted by Crippen LogP contribution is -2.21. The van der Waals surface area contributed by atoms with E-state index in [2.05, 4.69) is 20.6 Å². The van der Waals surface area contributed by atoms with Crippen LogP contribution >= 0.6 is 0 Å². The summed E-state index contributed by atoms with van der Waals surface area (Å²) in [5.41, 5.74) is 6.05. The minimum absolute atomic E-state index is 0.0920. The molecule has 1 aliphatic carbocycles. The maximum atomic E-state index is 12.4. The number of hydrogen-bond acceptors (Lipinski definition) is 4. The average molecular weight is 350 g/mol. The molecule has 2 aromatic heterocycles. The van der Waals surface area contributed by atoms with Gasteiger partial charge < -0.3 is 9.88 Å². The first-order valence-electron chi connectivity index (χ1n) is 8.94. The Morgan fingerprint density at radius 2 is 1.92 bits per heavy atom. The largest absolute Gasteiger partial charge is 0.324 e. The first-order chi connectivity index (χ1) is 12.6. The number of hydrogen-bond donors (Lipinski definition) is 1. The van der Waals surface area contributed by atoms with Crippen molar-refractivity contribution in [2.45, 2.75) is 46.1 Å². The van der Waals surface area contributed by atoms with Gasteiger partial charge in [-0.2, -0.15) is 0 Å². The number of benzene rings is 1. The molecular weight excluding hydrogens is 328 g/mol. The van der Waals surface area contributed by atoms with Gasteiger partial charge in [0, 0.05) is 17.1 Å². The number of imidazole rings is 1. The van der Waals surface area contributed by atoms with Gasteiger partial charge in [0.2, 0.25) is 5.91 Å². The number of aromatic nitrogens is 5. The molecule has 26 heavy (non-hydrogen) atoms. The number of carbonyl (C=O) groups excluding carboxylic acids is 1. The molecule has 7 heteroatoms. The molecule has 1 aromatic carbocycles. The third-order valence-electron chi connectivity index (χ3n) is 4.97. The van der Waals surface area contributed by atoms with Gasteiger partial charge in [-0.05, 0) is 63.8 Å². The van der Waals surface area contributed by atoms with E-state index in [0.717, 1.165) is 59.8 Å². The summed E-state index contributed by atoms with van der Waals surface area (Å²) >= 11 is 0. The Balaban J connectivity index is 1.43. The van der Waals surface area contributed by atoms with Gasteiger partial charge in [0.05, 0.1) is 23.4 Å². The molecule has 134 valence electrons. The third kappa shape index (κ3) is 3.12.